The molecular weight excluding hydrogens is 298 g/mol. The maximum absolute atomic E-state index is 11.2. The fourth-order valence-electron chi connectivity index (χ4n) is 1.76. The molecule has 0 saturated heterocycles. The van der Waals surface area contributed by atoms with Crippen molar-refractivity contribution >= 4 is 21.9 Å². The van der Waals surface area contributed by atoms with Gasteiger partial charge < -0.3 is 4.74 Å². The van der Waals surface area contributed by atoms with Gasteiger partial charge >= 0.3 is 5.97 Å². The number of esters is 1. The summed E-state index contributed by atoms with van der Waals surface area (Å²) in [5.41, 5.74) is 2.15. The van der Waals surface area contributed by atoms with E-state index in [9.17, 15) is 4.79 Å². The first-order chi connectivity index (χ1) is 8.53. The van der Waals surface area contributed by atoms with Gasteiger partial charge in [-0.2, -0.15) is 5.10 Å². The zero-order chi connectivity index (χ0) is 13.7. The number of carbonyl (C=O) groups excluding carboxylic acids is 1. The summed E-state index contributed by atoms with van der Waals surface area (Å²) < 4.78 is 7.67. The summed E-state index contributed by atoms with van der Waals surface area (Å²) in [4.78, 5) is 13.1. The largest absolute Gasteiger partial charge is 0.468 e. The average molecular weight is 318 g/mol. The van der Waals surface area contributed by atoms with Crippen molar-refractivity contribution in [3.8, 4) is 0 Å². The third-order valence-corrected chi connectivity index (χ3v) is 3.66. The molecule has 18 heavy (non-hydrogen) atoms. The molecule has 0 aromatic carbocycles. The third-order valence-electron chi connectivity index (χ3n) is 2.74. The number of rotatable bonds is 6. The topological polar surface area (TPSA) is 47.4 Å². The van der Waals surface area contributed by atoms with E-state index in [1.807, 2.05) is 16.6 Å². The molecule has 1 heterocycles. The van der Waals surface area contributed by atoms with Crippen LogP contribution in [0.3, 0.4) is 0 Å². The normalized spacial score (nSPS) is 11.0. The van der Waals surface area contributed by atoms with Crippen molar-refractivity contribution < 1.29 is 9.53 Å². The van der Waals surface area contributed by atoms with E-state index in [1.165, 1.54) is 7.11 Å². The van der Waals surface area contributed by atoms with Crippen molar-refractivity contribution in [2.45, 2.75) is 33.4 Å². The summed E-state index contributed by atoms with van der Waals surface area (Å²) in [6.07, 6.45) is 0.890. The minimum absolute atomic E-state index is 0.230. The minimum Gasteiger partial charge on any atom is -0.468 e. The van der Waals surface area contributed by atoms with E-state index in [0.29, 0.717) is 6.54 Å². The van der Waals surface area contributed by atoms with Gasteiger partial charge in [0.15, 0.2) is 0 Å². The molecule has 0 atom stereocenters. The summed E-state index contributed by atoms with van der Waals surface area (Å²) in [5.74, 6) is -0.230. The van der Waals surface area contributed by atoms with Crippen LogP contribution >= 0.6 is 15.9 Å². The van der Waals surface area contributed by atoms with Crippen LogP contribution in [-0.4, -0.2) is 41.4 Å². The molecule has 1 aromatic rings. The van der Waals surface area contributed by atoms with Crippen LogP contribution in [0.1, 0.15) is 25.2 Å². The highest BCUT2D eigenvalue weighted by Crippen LogP contribution is 2.23. The van der Waals surface area contributed by atoms with Crippen molar-refractivity contribution in [1.82, 2.24) is 14.7 Å². The Morgan fingerprint density at radius 3 is 2.67 bits per heavy atom. The molecule has 102 valence electrons. The molecule has 0 aliphatic carbocycles. The second-order valence-electron chi connectivity index (χ2n) is 4.13. The molecule has 0 saturated carbocycles. The summed E-state index contributed by atoms with van der Waals surface area (Å²) in [7, 11) is 3.29. The van der Waals surface area contributed by atoms with Crippen LogP contribution in [-0.2, 0) is 29.0 Å². The summed E-state index contributed by atoms with van der Waals surface area (Å²) in [6.45, 7) is 5.90. The molecule has 0 unspecified atom stereocenters. The molecule has 5 nitrogen and oxygen atoms in total. The third kappa shape index (κ3) is 3.55. The van der Waals surface area contributed by atoms with Gasteiger partial charge in [-0.25, -0.2) is 0 Å². The molecule has 0 spiro atoms. The SMILES string of the molecule is CCc1nn(CC)c(CN(C)CC(=O)OC)c1Br. The molecule has 0 radical (unpaired) electrons. The standard InChI is InChI=1S/C12H20BrN3O2/c1-5-9-12(13)10(16(6-2)14-9)7-15(3)8-11(17)18-4/h5-8H2,1-4H3. The second-order valence-corrected chi connectivity index (χ2v) is 4.92. The van der Waals surface area contributed by atoms with Crippen LogP contribution in [0.5, 0.6) is 0 Å². The van der Waals surface area contributed by atoms with E-state index in [1.54, 1.807) is 0 Å². The number of ether oxygens (including phenoxy) is 1. The first-order valence-corrected chi connectivity index (χ1v) is 6.82. The van der Waals surface area contributed by atoms with Crippen molar-refractivity contribution in [2.24, 2.45) is 0 Å². The Hall–Kier alpha value is -0.880. The highest BCUT2D eigenvalue weighted by molar-refractivity contribution is 9.10. The van der Waals surface area contributed by atoms with Crippen molar-refractivity contribution in [3.63, 3.8) is 0 Å². The van der Waals surface area contributed by atoms with Crippen LogP contribution in [0.25, 0.3) is 0 Å². The number of aromatic nitrogens is 2. The summed E-state index contributed by atoms with van der Waals surface area (Å²) >= 11 is 3.59. The maximum atomic E-state index is 11.2. The van der Waals surface area contributed by atoms with E-state index in [4.69, 9.17) is 0 Å². The zero-order valence-electron chi connectivity index (χ0n) is 11.4. The van der Waals surface area contributed by atoms with E-state index in [2.05, 4.69) is 39.6 Å². The van der Waals surface area contributed by atoms with E-state index < -0.39 is 0 Å². The Bertz CT molecular complexity index is 418. The van der Waals surface area contributed by atoms with E-state index in [-0.39, 0.29) is 12.5 Å². The lowest BCUT2D eigenvalue weighted by atomic mass is 10.3. The average Bonchev–Trinajstić information content (AvgIpc) is 2.66. The second kappa shape index (κ2) is 6.89. The van der Waals surface area contributed by atoms with E-state index in [0.717, 1.165) is 28.8 Å². The molecule has 0 N–H and O–H groups in total. The van der Waals surface area contributed by atoms with Crippen LogP contribution in [0.15, 0.2) is 4.47 Å². The first-order valence-electron chi connectivity index (χ1n) is 6.02. The minimum atomic E-state index is -0.230. The number of methoxy groups -OCH3 is 1. The molecule has 1 rings (SSSR count). The van der Waals surface area contributed by atoms with Crippen LogP contribution in [0.4, 0.5) is 0 Å². The molecule has 1 aromatic heterocycles. The van der Waals surface area contributed by atoms with Gasteiger partial charge in [0.2, 0.25) is 0 Å². The van der Waals surface area contributed by atoms with Gasteiger partial charge in [0.1, 0.15) is 0 Å². The molecule has 0 fully saturated rings. The quantitative estimate of drug-likeness (QED) is 0.751. The van der Waals surface area contributed by atoms with Crippen molar-refractivity contribution in [3.05, 3.63) is 15.9 Å². The monoisotopic (exact) mass is 317 g/mol. The summed E-state index contributed by atoms with van der Waals surface area (Å²) in [6, 6.07) is 0. The number of hydrogen-bond acceptors (Lipinski definition) is 4. The highest BCUT2D eigenvalue weighted by Gasteiger charge is 2.16. The summed E-state index contributed by atoms with van der Waals surface area (Å²) in [5, 5.41) is 4.53. The Labute approximate surface area is 116 Å². The van der Waals surface area contributed by atoms with Crippen molar-refractivity contribution in [2.75, 3.05) is 20.7 Å². The Morgan fingerprint density at radius 1 is 1.50 bits per heavy atom. The number of halogens is 1. The Balaban J connectivity index is 2.82. The maximum Gasteiger partial charge on any atom is 0.319 e. The molecule has 0 aliphatic heterocycles. The van der Waals surface area contributed by atoms with Crippen LogP contribution in [0, 0.1) is 0 Å². The smallest absolute Gasteiger partial charge is 0.319 e. The first kappa shape index (κ1) is 15.2. The molecule has 0 amide bonds. The van der Waals surface area contributed by atoms with Gasteiger partial charge in [0.25, 0.3) is 0 Å². The van der Waals surface area contributed by atoms with Gasteiger partial charge in [-0.05, 0) is 36.3 Å². The predicted molar refractivity (Wildman–Crippen MR) is 73.3 cm³/mol. The Morgan fingerprint density at radius 2 is 2.17 bits per heavy atom. The van der Waals surface area contributed by atoms with Crippen molar-refractivity contribution in [1.29, 1.82) is 0 Å². The molecule has 0 aliphatic rings. The lowest BCUT2D eigenvalue weighted by molar-refractivity contribution is -0.141. The predicted octanol–water partition coefficient (Wildman–Crippen LogP) is 1.83. The highest BCUT2D eigenvalue weighted by atomic mass is 79.9. The Kier molecular flexibility index (Phi) is 5.81. The zero-order valence-corrected chi connectivity index (χ0v) is 13.0. The van der Waals surface area contributed by atoms with Gasteiger partial charge in [0.05, 0.1) is 29.5 Å². The lowest BCUT2D eigenvalue weighted by Gasteiger charge is -2.16. The fraction of sp³-hybridized carbons (Fsp3) is 0.667. The number of carbonyl (C=O) groups is 1. The van der Waals surface area contributed by atoms with Gasteiger partial charge in [-0.15, -0.1) is 0 Å². The van der Waals surface area contributed by atoms with Crippen LogP contribution in [0.2, 0.25) is 0 Å². The van der Waals surface area contributed by atoms with Gasteiger partial charge in [-0.3, -0.25) is 14.4 Å². The number of aryl methyl sites for hydroxylation is 2. The van der Waals surface area contributed by atoms with Gasteiger partial charge in [-0.1, -0.05) is 6.92 Å². The molecule has 6 heteroatoms. The molecular formula is C12H20BrN3O2. The lowest BCUT2D eigenvalue weighted by Crippen LogP contribution is -2.27. The van der Waals surface area contributed by atoms with Gasteiger partial charge in [0, 0.05) is 13.1 Å². The van der Waals surface area contributed by atoms with Crippen LogP contribution < -0.4 is 0 Å². The molecule has 0 bridgehead atoms. The number of hydrogen-bond donors (Lipinski definition) is 0. The van der Waals surface area contributed by atoms with E-state index >= 15 is 0 Å². The fourth-order valence-corrected chi connectivity index (χ4v) is 2.45. The number of likely N-dealkylation sites (N-methyl/N-ethyl adjacent to an activating group) is 1. The number of nitrogens with zero attached hydrogens (tertiary/aromatic N) is 3.